The van der Waals surface area contributed by atoms with E-state index in [1.165, 1.54) is 64.2 Å². The number of fused-ring (bicyclic) bond motifs is 2. The molecule has 2 fully saturated rings. The van der Waals surface area contributed by atoms with Gasteiger partial charge in [-0.15, -0.1) is 0 Å². The van der Waals surface area contributed by atoms with Crippen LogP contribution in [-0.2, 0) is 0 Å². The maximum Gasteiger partial charge on any atom is 0.0969 e. The van der Waals surface area contributed by atoms with Crippen LogP contribution in [0.5, 0.6) is 0 Å². The lowest BCUT2D eigenvalue weighted by atomic mass is 9.83. The summed E-state index contributed by atoms with van der Waals surface area (Å²) in [5, 5.41) is 0. The molecule has 0 heteroatoms. The summed E-state index contributed by atoms with van der Waals surface area (Å²) in [7, 11) is 0. The van der Waals surface area contributed by atoms with Crippen molar-refractivity contribution in [2.75, 3.05) is 0 Å². The Morgan fingerprint density at radius 2 is 1.85 bits per heavy atom. The molecular weight excluding hydrogens is 240 g/mol. The van der Waals surface area contributed by atoms with Gasteiger partial charge in [0.15, 0.2) is 0 Å². The average molecular weight is 265 g/mol. The predicted molar refractivity (Wildman–Crippen MR) is 85.2 cm³/mol. The molecule has 1 atom stereocenters. The van der Waals surface area contributed by atoms with E-state index in [1.807, 2.05) is 0 Å². The fourth-order valence-electron chi connectivity index (χ4n) is 4.52. The third-order valence-corrected chi connectivity index (χ3v) is 5.65. The second kappa shape index (κ2) is 5.31. The maximum absolute atomic E-state index is 2.48. The zero-order valence-electron chi connectivity index (χ0n) is 12.5. The zero-order chi connectivity index (χ0) is 13.4. The molecule has 0 heterocycles. The van der Waals surface area contributed by atoms with Crippen LogP contribution < -0.4 is 0 Å². The van der Waals surface area contributed by atoms with Crippen molar-refractivity contribution in [2.24, 2.45) is 5.92 Å². The van der Waals surface area contributed by atoms with E-state index >= 15 is 0 Å². The summed E-state index contributed by atoms with van der Waals surface area (Å²) in [5.74, 6) is 2.47. The lowest BCUT2D eigenvalue weighted by Crippen LogP contribution is -2.06. The molecule has 0 radical (unpaired) electrons. The number of hydrogen-bond donors (Lipinski definition) is 0. The maximum atomic E-state index is 2.48. The van der Waals surface area contributed by atoms with Crippen LogP contribution >= 0.6 is 0 Å². The van der Waals surface area contributed by atoms with E-state index in [9.17, 15) is 0 Å². The van der Waals surface area contributed by atoms with E-state index < -0.39 is 0 Å². The van der Waals surface area contributed by atoms with Gasteiger partial charge in [-0.2, -0.15) is 0 Å². The van der Waals surface area contributed by atoms with Crippen molar-refractivity contribution in [1.82, 2.24) is 0 Å². The van der Waals surface area contributed by atoms with Crippen molar-refractivity contribution >= 4 is 0 Å². The van der Waals surface area contributed by atoms with Crippen LogP contribution in [-0.4, -0.2) is 0 Å². The SMILES string of the molecule is C1=C[C+]2CCCCC2=C1CCC1=C2CCCCC2C=C1. The number of allylic oxidation sites excluding steroid dienone is 8. The Kier molecular flexibility index (Phi) is 3.34. The lowest BCUT2D eigenvalue weighted by molar-refractivity contribution is 0.521. The van der Waals surface area contributed by atoms with Crippen molar-refractivity contribution in [1.29, 1.82) is 0 Å². The summed E-state index contributed by atoms with van der Waals surface area (Å²) >= 11 is 0. The largest absolute Gasteiger partial charge is 0.0969 e. The molecule has 0 saturated heterocycles. The molecule has 0 N–H and O–H groups in total. The molecule has 104 valence electrons. The monoisotopic (exact) mass is 265 g/mol. The molecule has 20 heavy (non-hydrogen) atoms. The van der Waals surface area contributed by atoms with Gasteiger partial charge in [0.05, 0.1) is 29.2 Å². The molecule has 4 aliphatic rings. The standard InChI is InChI=1S/C20H25/c1-3-7-19-15(5-1)9-11-17(19)13-14-18-12-10-16-6-2-4-8-20(16)18/h9-12,15H,1-8,13-14H2/q+1. The van der Waals surface area contributed by atoms with Gasteiger partial charge in [0.2, 0.25) is 0 Å². The molecule has 0 aliphatic heterocycles. The van der Waals surface area contributed by atoms with Crippen LogP contribution in [0.15, 0.2) is 46.6 Å². The summed E-state index contributed by atoms with van der Waals surface area (Å²) in [6.45, 7) is 0. The molecule has 4 rings (SSSR count). The summed E-state index contributed by atoms with van der Waals surface area (Å²) in [5.41, 5.74) is 6.83. The van der Waals surface area contributed by atoms with Crippen LogP contribution in [0.3, 0.4) is 0 Å². The average Bonchev–Trinajstić information content (AvgIpc) is 3.09. The van der Waals surface area contributed by atoms with Gasteiger partial charge in [0.25, 0.3) is 0 Å². The molecule has 0 aromatic carbocycles. The molecule has 2 saturated carbocycles. The van der Waals surface area contributed by atoms with Crippen molar-refractivity contribution in [2.45, 2.75) is 64.2 Å². The highest BCUT2D eigenvalue weighted by Crippen LogP contribution is 2.42. The van der Waals surface area contributed by atoms with Gasteiger partial charge in [-0.05, 0) is 56.4 Å². The second-order valence-electron chi connectivity index (χ2n) is 6.83. The van der Waals surface area contributed by atoms with Crippen LogP contribution in [0.4, 0.5) is 0 Å². The van der Waals surface area contributed by atoms with Crippen LogP contribution in [0.2, 0.25) is 0 Å². The number of rotatable bonds is 3. The summed E-state index contributed by atoms with van der Waals surface area (Å²) < 4.78 is 0. The first-order chi connectivity index (χ1) is 9.92. The lowest BCUT2D eigenvalue weighted by Gasteiger charge is -2.21. The highest BCUT2D eigenvalue weighted by Gasteiger charge is 2.32. The molecule has 1 unspecified atom stereocenters. The van der Waals surface area contributed by atoms with Gasteiger partial charge in [-0.1, -0.05) is 24.1 Å². The van der Waals surface area contributed by atoms with Crippen molar-refractivity contribution in [3.63, 3.8) is 0 Å². The van der Waals surface area contributed by atoms with Crippen molar-refractivity contribution < 1.29 is 0 Å². The topological polar surface area (TPSA) is 0 Å². The van der Waals surface area contributed by atoms with Gasteiger partial charge in [-0.3, -0.25) is 0 Å². The minimum Gasteiger partial charge on any atom is -0.0771 e. The van der Waals surface area contributed by atoms with E-state index in [1.54, 1.807) is 28.2 Å². The van der Waals surface area contributed by atoms with E-state index in [0.29, 0.717) is 0 Å². The molecule has 0 amide bonds. The van der Waals surface area contributed by atoms with Crippen LogP contribution in [0, 0.1) is 11.8 Å². The first-order valence-corrected chi connectivity index (χ1v) is 8.58. The summed E-state index contributed by atoms with van der Waals surface area (Å²) in [6, 6.07) is 0. The van der Waals surface area contributed by atoms with E-state index in [2.05, 4.69) is 24.3 Å². The van der Waals surface area contributed by atoms with Gasteiger partial charge in [0, 0.05) is 12.8 Å². The molecular formula is C20H25+. The Labute approximate surface area is 123 Å². The van der Waals surface area contributed by atoms with Gasteiger partial charge >= 0.3 is 0 Å². The minimum atomic E-state index is 0.812. The third kappa shape index (κ3) is 2.20. The predicted octanol–water partition coefficient (Wildman–Crippen LogP) is 5.84. The fraction of sp³-hybridized carbons (Fsp3) is 0.550. The molecule has 0 aromatic heterocycles. The first kappa shape index (κ1) is 12.6. The Bertz CT molecular complexity index is 464. The van der Waals surface area contributed by atoms with Gasteiger partial charge in [0.1, 0.15) is 0 Å². The quantitative estimate of drug-likeness (QED) is 0.562. The molecule has 0 spiro atoms. The Balaban J connectivity index is 1.46. The Morgan fingerprint density at radius 3 is 2.85 bits per heavy atom. The van der Waals surface area contributed by atoms with Gasteiger partial charge < -0.3 is 0 Å². The van der Waals surface area contributed by atoms with Crippen LogP contribution in [0.25, 0.3) is 0 Å². The molecule has 0 nitrogen and oxygen atoms in total. The highest BCUT2D eigenvalue weighted by atomic mass is 14.3. The molecule has 0 bridgehead atoms. The fourth-order valence-corrected chi connectivity index (χ4v) is 4.52. The minimum absolute atomic E-state index is 0.812. The van der Waals surface area contributed by atoms with E-state index in [4.69, 9.17) is 0 Å². The van der Waals surface area contributed by atoms with Gasteiger partial charge in [-0.25, -0.2) is 0 Å². The van der Waals surface area contributed by atoms with Crippen LogP contribution in [0.1, 0.15) is 64.2 Å². The Morgan fingerprint density at radius 1 is 0.950 bits per heavy atom. The first-order valence-electron chi connectivity index (χ1n) is 8.58. The highest BCUT2D eigenvalue weighted by molar-refractivity contribution is 5.50. The smallest absolute Gasteiger partial charge is 0.0771 e. The summed E-state index contributed by atoms with van der Waals surface area (Å²) in [4.78, 5) is 0. The third-order valence-electron chi connectivity index (χ3n) is 5.65. The normalized spacial score (nSPS) is 28.4. The van der Waals surface area contributed by atoms with E-state index in [-0.39, 0.29) is 0 Å². The zero-order valence-corrected chi connectivity index (χ0v) is 12.5. The summed E-state index contributed by atoms with van der Waals surface area (Å²) in [6.07, 6.45) is 23.4. The van der Waals surface area contributed by atoms with Crippen molar-refractivity contribution in [3.05, 3.63) is 52.5 Å². The van der Waals surface area contributed by atoms with E-state index in [0.717, 1.165) is 5.92 Å². The number of hydrogen-bond acceptors (Lipinski definition) is 0. The molecule has 0 aromatic rings. The van der Waals surface area contributed by atoms with Crippen molar-refractivity contribution in [3.8, 4) is 0 Å². The molecule has 4 aliphatic carbocycles. The second-order valence-corrected chi connectivity index (χ2v) is 6.83. The Hall–Kier alpha value is -1.17.